The van der Waals surface area contributed by atoms with E-state index in [1.54, 1.807) is 17.2 Å². The van der Waals surface area contributed by atoms with Crippen LogP contribution in [0.1, 0.15) is 38.7 Å². The molecule has 2 fully saturated rings. The topological polar surface area (TPSA) is 129 Å². The molecule has 3 aliphatic rings. The number of nitrogens with one attached hydrogen (secondary N) is 1. The number of amides is 1. The number of nitrogens with zero attached hydrogens (tertiary/aromatic N) is 8. The van der Waals surface area contributed by atoms with Crippen molar-refractivity contribution in [1.82, 2.24) is 39.7 Å². The van der Waals surface area contributed by atoms with Gasteiger partial charge in [-0.15, -0.1) is 0 Å². The molecule has 1 spiro atoms. The number of β-amino-alcohol motifs (C(OH)–C–C–N with tert-alkyl or cyclic N) is 1. The number of carbonyl (C=O) groups is 1. The molecule has 2 aromatic carbocycles. The standard InChI is InChI=1S/C38H43N9O3/c1-25(2)50-33-11-8-29(21-39-33)35-31-20-30(9-10-32(31)41-42-35)47-19-15-38(37(47)49)14-18-45(23-38)22-34(48)46-16-12-27(13-17-46)26-4-6-28(7-5-26)36-40-24-44(3)43-36/h4-12,20-21,24-25,34,48H,13-19,22-23H2,1-3H3,(H,41,42)/t34?,38-/m0/s1. The number of H-pyrrole nitrogens is 1. The third-order valence-electron chi connectivity index (χ3n) is 10.4. The number of benzene rings is 2. The molecule has 8 rings (SSSR count). The second kappa shape index (κ2) is 13.1. The van der Waals surface area contributed by atoms with Crippen molar-refractivity contribution < 1.29 is 14.6 Å². The second-order valence-electron chi connectivity index (χ2n) is 14.1. The number of aromatic amines is 1. The van der Waals surface area contributed by atoms with E-state index in [-0.39, 0.29) is 12.0 Å². The number of aliphatic hydroxyl groups is 1. The number of aliphatic hydroxyl groups excluding tert-OH is 1. The van der Waals surface area contributed by atoms with Crippen molar-refractivity contribution >= 4 is 28.1 Å². The van der Waals surface area contributed by atoms with Crippen LogP contribution < -0.4 is 9.64 Å². The predicted octanol–water partition coefficient (Wildman–Crippen LogP) is 4.74. The molecule has 12 nitrogen and oxygen atoms in total. The van der Waals surface area contributed by atoms with E-state index in [2.05, 4.69) is 71.5 Å². The third-order valence-corrected chi connectivity index (χ3v) is 10.4. The van der Waals surface area contributed by atoms with Crippen molar-refractivity contribution in [3.63, 3.8) is 0 Å². The summed E-state index contributed by atoms with van der Waals surface area (Å²) in [5.74, 6) is 1.47. The van der Waals surface area contributed by atoms with Crippen LogP contribution in [-0.2, 0) is 11.8 Å². The molecule has 50 heavy (non-hydrogen) atoms. The highest BCUT2D eigenvalue weighted by molar-refractivity contribution is 6.03. The smallest absolute Gasteiger partial charge is 0.234 e. The van der Waals surface area contributed by atoms with Crippen LogP contribution in [0.2, 0.25) is 0 Å². The average Bonchev–Trinajstić information content (AvgIpc) is 3.92. The molecule has 0 aliphatic carbocycles. The van der Waals surface area contributed by atoms with Gasteiger partial charge in [-0.1, -0.05) is 30.3 Å². The largest absolute Gasteiger partial charge is 0.475 e. The third kappa shape index (κ3) is 6.19. The maximum Gasteiger partial charge on any atom is 0.234 e. The lowest BCUT2D eigenvalue weighted by Gasteiger charge is -2.33. The highest BCUT2D eigenvalue weighted by Gasteiger charge is 2.51. The Balaban J connectivity index is 0.887. The minimum atomic E-state index is -0.587. The van der Waals surface area contributed by atoms with Crippen molar-refractivity contribution in [3.8, 4) is 28.5 Å². The van der Waals surface area contributed by atoms with Gasteiger partial charge >= 0.3 is 0 Å². The molecule has 2 saturated heterocycles. The number of ether oxygens (including phenoxy) is 1. The van der Waals surface area contributed by atoms with E-state index in [1.807, 2.05) is 50.1 Å². The monoisotopic (exact) mass is 673 g/mol. The van der Waals surface area contributed by atoms with E-state index in [1.165, 1.54) is 11.1 Å². The molecular weight excluding hydrogens is 630 g/mol. The van der Waals surface area contributed by atoms with E-state index >= 15 is 0 Å². The van der Waals surface area contributed by atoms with Crippen LogP contribution in [0, 0.1) is 5.41 Å². The van der Waals surface area contributed by atoms with Gasteiger partial charge in [0.25, 0.3) is 0 Å². The fraction of sp³-hybridized carbons (Fsp3) is 0.395. The summed E-state index contributed by atoms with van der Waals surface area (Å²) in [6.45, 7) is 8.10. The summed E-state index contributed by atoms with van der Waals surface area (Å²) < 4.78 is 7.41. The summed E-state index contributed by atoms with van der Waals surface area (Å²) in [4.78, 5) is 29.2. The van der Waals surface area contributed by atoms with Gasteiger partial charge in [-0.05, 0) is 75.1 Å². The maximum absolute atomic E-state index is 14.1. The number of aryl methyl sites for hydroxylation is 1. The maximum atomic E-state index is 14.1. The van der Waals surface area contributed by atoms with Crippen LogP contribution in [0.4, 0.5) is 5.69 Å². The van der Waals surface area contributed by atoms with Crippen molar-refractivity contribution in [2.24, 2.45) is 12.5 Å². The van der Waals surface area contributed by atoms with E-state index in [9.17, 15) is 9.90 Å². The van der Waals surface area contributed by atoms with Gasteiger partial charge in [0, 0.05) is 74.2 Å². The first-order valence-electron chi connectivity index (χ1n) is 17.5. The first kappa shape index (κ1) is 32.3. The number of carbonyl (C=O) groups excluding carboxylic acids is 1. The van der Waals surface area contributed by atoms with Crippen molar-refractivity contribution in [3.05, 3.63) is 78.8 Å². The number of rotatable bonds is 9. The summed E-state index contributed by atoms with van der Waals surface area (Å²) in [7, 11) is 1.87. The van der Waals surface area contributed by atoms with Crippen LogP contribution in [-0.4, -0.2) is 102 Å². The Morgan fingerprint density at radius 1 is 0.980 bits per heavy atom. The quantitative estimate of drug-likeness (QED) is 0.228. The van der Waals surface area contributed by atoms with Crippen molar-refractivity contribution in [1.29, 1.82) is 0 Å². The molecule has 6 heterocycles. The van der Waals surface area contributed by atoms with Crippen molar-refractivity contribution in [2.45, 2.75) is 45.4 Å². The fourth-order valence-corrected chi connectivity index (χ4v) is 7.65. The number of anilines is 1. The van der Waals surface area contributed by atoms with Gasteiger partial charge < -0.3 is 14.7 Å². The first-order chi connectivity index (χ1) is 24.2. The van der Waals surface area contributed by atoms with Gasteiger partial charge in [0.05, 0.1) is 17.0 Å². The van der Waals surface area contributed by atoms with Gasteiger partial charge in [0.1, 0.15) is 18.2 Å². The van der Waals surface area contributed by atoms with Gasteiger partial charge in [-0.2, -0.15) is 10.2 Å². The van der Waals surface area contributed by atoms with Gasteiger partial charge in [0.15, 0.2) is 5.82 Å². The molecule has 5 aromatic rings. The molecule has 3 aromatic heterocycles. The van der Waals surface area contributed by atoms with Crippen LogP contribution in [0.5, 0.6) is 5.88 Å². The Labute approximate surface area is 291 Å². The number of pyridine rings is 1. The molecule has 2 N–H and O–H groups in total. The van der Waals surface area contributed by atoms with Crippen LogP contribution in [0.3, 0.4) is 0 Å². The molecule has 2 atom stereocenters. The van der Waals surface area contributed by atoms with Gasteiger partial charge in [-0.3, -0.25) is 24.4 Å². The fourth-order valence-electron chi connectivity index (χ4n) is 7.65. The lowest BCUT2D eigenvalue weighted by molar-refractivity contribution is -0.125. The molecule has 0 radical (unpaired) electrons. The van der Waals surface area contributed by atoms with Gasteiger partial charge in [0.2, 0.25) is 11.8 Å². The van der Waals surface area contributed by atoms with E-state index in [4.69, 9.17) is 4.74 Å². The summed E-state index contributed by atoms with van der Waals surface area (Å²) in [5.41, 5.74) is 6.52. The van der Waals surface area contributed by atoms with Crippen LogP contribution >= 0.6 is 0 Å². The second-order valence-corrected chi connectivity index (χ2v) is 14.1. The highest BCUT2D eigenvalue weighted by atomic mass is 16.5. The zero-order chi connectivity index (χ0) is 34.4. The Morgan fingerprint density at radius 3 is 2.50 bits per heavy atom. The Kier molecular flexibility index (Phi) is 8.46. The van der Waals surface area contributed by atoms with E-state index in [0.29, 0.717) is 32.1 Å². The number of hydrogen-bond donors (Lipinski definition) is 2. The summed E-state index contributed by atoms with van der Waals surface area (Å²) >= 11 is 0. The minimum absolute atomic E-state index is 0.0497. The van der Waals surface area contributed by atoms with Crippen LogP contribution in [0.25, 0.3) is 39.1 Å². The normalized spacial score (nSPS) is 20.8. The summed E-state index contributed by atoms with van der Waals surface area (Å²) in [5, 5.41) is 24.3. The van der Waals surface area contributed by atoms with Crippen molar-refractivity contribution in [2.75, 3.05) is 44.2 Å². The molecule has 0 bridgehead atoms. The zero-order valence-electron chi connectivity index (χ0n) is 28.8. The lowest BCUT2D eigenvalue weighted by atomic mass is 9.85. The Hall–Kier alpha value is -4.91. The summed E-state index contributed by atoms with van der Waals surface area (Å²) in [6.07, 6.45) is 7.64. The molecular formula is C38H43N9O3. The molecule has 1 amide bonds. The zero-order valence-corrected chi connectivity index (χ0v) is 28.8. The molecule has 1 unspecified atom stereocenters. The van der Waals surface area contributed by atoms with E-state index < -0.39 is 11.6 Å². The Bertz CT molecular complexity index is 2030. The van der Waals surface area contributed by atoms with Crippen LogP contribution in [0.15, 0.2) is 73.2 Å². The SMILES string of the molecule is CC(C)Oc1ccc(-c2n[nH]c3ccc(N4CC[C@]5(CCN(CC(O)N6CC=C(c7ccc(-c8ncn(C)n8)cc7)CC6)C5)C4=O)cc23)cn1. The molecule has 258 valence electrons. The molecule has 0 saturated carbocycles. The minimum Gasteiger partial charge on any atom is -0.475 e. The molecule has 3 aliphatic heterocycles. The predicted molar refractivity (Wildman–Crippen MR) is 192 cm³/mol. The first-order valence-corrected chi connectivity index (χ1v) is 17.5. The lowest BCUT2D eigenvalue weighted by Crippen LogP contribution is -2.46. The average molecular weight is 674 g/mol. The summed E-state index contributed by atoms with van der Waals surface area (Å²) in [6, 6.07) is 18.3. The molecule has 12 heteroatoms. The number of fused-ring (bicyclic) bond motifs is 1. The highest BCUT2D eigenvalue weighted by Crippen LogP contribution is 2.43. The van der Waals surface area contributed by atoms with Gasteiger partial charge in [-0.25, -0.2) is 9.97 Å². The number of hydrogen-bond acceptors (Lipinski definition) is 9. The van der Waals surface area contributed by atoms with E-state index in [0.717, 1.165) is 71.6 Å². The number of aromatic nitrogens is 6. The number of likely N-dealkylation sites (tertiary alicyclic amines) is 1. The Morgan fingerprint density at radius 2 is 1.78 bits per heavy atom.